The van der Waals surface area contributed by atoms with Crippen molar-refractivity contribution < 1.29 is 0 Å². The molecule has 24 heavy (non-hydrogen) atoms. The van der Waals surface area contributed by atoms with Crippen molar-refractivity contribution in [1.29, 1.82) is 0 Å². The number of hydrogen-bond acceptors (Lipinski definition) is 2. The Bertz CT molecular complexity index is 648. The lowest BCUT2D eigenvalue weighted by Crippen LogP contribution is -2.39. The fourth-order valence-electron chi connectivity index (χ4n) is 3.76. The molecular formula is C22H30N2. The van der Waals surface area contributed by atoms with Gasteiger partial charge in [0.05, 0.1) is 0 Å². The number of aryl methyl sites for hydroxylation is 1. The number of anilines is 1. The second-order valence-electron chi connectivity index (χ2n) is 7.33. The van der Waals surface area contributed by atoms with Crippen molar-refractivity contribution in [3.63, 3.8) is 0 Å². The first kappa shape index (κ1) is 17.0. The Morgan fingerprint density at radius 3 is 2.54 bits per heavy atom. The van der Waals surface area contributed by atoms with E-state index >= 15 is 0 Å². The highest BCUT2D eigenvalue weighted by atomic mass is 15.2. The van der Waals surface area contributed by atoms with Gasteiger partial charge in [0, 0.05) is 30.9 Å². The smallest absolute Gasteiger partial charge is 0.0372 e. The van der Waals surface area contributed by atoms with Crippen molar-refractivity contribution in [2.24, 2.45) is 0 Å². The number of benzene rings is 2. The van der Waals surface area contributed by atoms with E-state index in [9.17, 15) is 0 Å². The van der Waals surface area contributed by atoms with Crippen LogP contribution in [0.2, 0.25) is 0 Å². The van der Waals surface area contributed by atoms with Crippen LogP contribution in [0, 0.1) is 0 Å². The minimum absolute atomic E-state index is 0.528. The number of nitrogens with zero attached hydrogens (tertiary/aromatic N) is 1. The Kier molecular flexibility index (Phi) is 5.57. The number of rotatable bonds is 6. The van der Waals surface area contributed by atoms with E-state index in [2.05, 4.69) is 79.5 Å². The standard InChI is InChI=1S/C22H30N2/c1-17(2)24(16-19-8-5-4-6-9-19)18(3)14-20-11-12-22-21(15-20)10-7-13-23-22/h4-6,8-9,11-12,15,17-18,23H,7,10,13-14,16H2,1-3H3. The summed E-state index contributed by atoms with van der Waals surface area (Å²) in [7, 11) is 0. The first-order valence-electron chi connectivity index (χ1n) is 9.29. The summed E-state index contributed by atoms with van der Waals surface area (Å²) in [4.78, 5) is 2.60. The zero-order valence-corrected chi connectivity index (χ0v) is 15.3. The van der Waals surface area contributed by atoms with Gasteiger partial charge in [0.2, 0.25) is 0 Å². The minimum Gasteiger partial charge on any atom is -0.385 e. The number of hydrogen-bond donors (Lipinski definition) is 1. The Morgan fingerprint density at radius 2 is 1.79 bits per heavy atom. The number of nitrogens with one attached hydrogen (secondary N) is 1. The van der Waals surface area contributed by atoms with E-state index in [4.69, 9.17) is 0 Å². The van der Waals surface area contributed by atoms with Gasteiger partial charge in [-0.15, -0.1) is 0 Å². The molecule has 0 spiro atoms. The summed E-state index contributed by atoms with van der Waals surface area (Å²) in [6.45, 7) is 9.10. The van der Waals surface area contributed by atoms with Crippen molar-refractivity contribution >= 4 is 5.69 Å². The topological polar surface area (TPSA) is 15.3 Å². The fourth-order valence-corrected chi connectivity index (χ4v) is 3.76. The van der Waals surface area contributed by atoms with Crippen LogP contribution in [0.1, 0.15) is 43.9 Å². The van der Waals surface area contributed by atoms with E-state index in [0.29, 0.717) is 12.1 Å². The third kappa shape index (κ3) is 4.18. The van der Waals surface area contributed by atoms with Gasteiger partial charge in [-0.3, -0.25) is 4.90 Å². The summed E-state index contributed by atoms with van der Waals surface area (Å²) < 4.78 is 0. The molecule has 1 atom stereocenters. The monoisotopic (exact) mass is 322 g/mol. The van der Waals surface area contributed by atoms with Gasteiger partial charge in [0.1, 0.15) is 0 Å². The van der Waals surface area contributed by atoms with Crippen LogP contribution in [0.15, 0.2) is 48.5 Å². The summed E-state index contributed by atoms with van der Waals surface area (Å²) in [5.41, 5.74) is 5.68. The van der Waals surface area contributed by atoms with Crippen molar-refractivity contribution in [3.8, 4) is 0 Å². The van der Waals surface area contributed by atoms with Crippen LogP contribution >= 0.6 is 0 Å². The molecule has 128 valence electrons. The molecule has 0 fully saturated rings. The summed E-state index contributed by atoms with van der Waals surface area (Å²) in [6.07, 6.45) is 3.57. The molecule has 1 aliphatic heterocycles. The number of fused-ring (bicyclic) bond motifs is 1. The van der Waals surface area contributed by atoms with Gasteiger partial charge in [0.25, 0.3) is 0 Å². The molecule has 2 aromatic rings. The van der Waals surface area contributed by atoms with Gasteiger partial charge in [-0.05, 0) is 62.8 Å². The van der Waals surface area contributed by atoms with E-state index in [0.717, 1.165) is 19.5 Å². The minimum atomic E-state index is 0.528. The quantitative estimate of drug-likeness (QED) is 0.815. The third-order valence-corrected chi connectivity index (χ3v) is 5.08. The molecule has 0 aliphatic carbocycles. The van der Waals surface area contributed by atoms with Crippen LogP contribution in [0.25, 0.3) is 0 Å². The van der Waals surface area contributed by atoms with E-state index in [1.807, 2.05) is 0 Å². The molecule has 2 heteroatoms. The third-order valence-electron chi connectivity index (χ3n) is 5.08. The second kappa shape index (κ2) is 7.85. The maximum Gasteiger partial charge on any atom is 0.0372 e. The van der Waals surface area contributed by atoms with E-state index in [1.54, 1.807) is 0 Å². The van der Waals surface area contributed by atoms with Crippen molar-refractivity contribution in [2.45, 2.75) is 58.7 Å². The van der Waals surface area contributed by atoms with Crippen LogP contribution in [-0.2, 0) is 19.4 Å². The van der Waals surface area contributed by atoms with Gasteiger partial charge in [-0.2, -0.15) is 0 Å². The van der Waals surface area contributed by atoms with E-state index in [-0.39, 0.29) is 0 Å². The van der Waals surface area contributed by atoms with Crippen molar-refractivity contribution in [2.75, 3.05) is 11.9 Å². The normalized spacial score (nSPS) is 15.2. The second-order valence-corrected chi connectivity index (χ2v) is 7.33. The average molecular weight is 322 g/mol. The lowest BCUT2D eigenvalue weighted by Gasteiger charge is -2.33. The molecule has 1 N–H and O–H groups in total. The molecule has 0 saturated carbocycles. The zero-order chi connectivity index (χ0) is 16.9. The summed E-state index contributed by atoms with van der Waals surface area (Å²) >= 11 is 0. The average Bonchev–Trinajstić information content (AvgIpc) is 2.60. The van der Waals surface area contributed by atoms with Crippen LogP contribution in [0.4, 0.5) is 5.69 Å². The summed E-state index contributed by atoms with van der Waals surface area (Å²) in [5.74, 6) is 0. The van der Waals surface area contributed by atoms with Gasteiger partial charge < -0.3 is 5.32 Å². The van der Waals surface area contributed by atoms with Gasteiger partial charge in [0.15, 0.2) is 0 Å². The maximum absolute atomic E-state index is 3.51. The highest BCUT2D eigenvalue weighted by molar-refractivity contribution is 5.54. The first-order valence-corrected chi connectivity index (χ1v) is 9.29. The predicted octanol–water partition coefficient (Wildman–Crippen LogP) is 4.89. The molecule has 0 amide bonds. The molecule has 0 aromatic heterocycles. The molecule has 0 saturated heterocycles. The molecule has 1 aliphatic rings. The van der Waals surface area contributed by atoms with Crippen LogP contribution in [-0.4, -0.2) is 23.5 Å². The SMILES string of the molecule is CC(C)N(Cc1ccccc1)C(C)Cc1ccc2c(c1)CCCN2. The largest absolute Gasteiger partial charge is 0.385 e. The van der Waals surface area contributed by atoms with Gasteiger partial charge >= 0.3 is 0 Å². The van der Waals surface area contributed by atoms with Crippen LogP contribution < -0.4 is 5.32 Å². The lowest BCUT2D eigenvalue weighted by molar-refractivity contribution is 0.154. The van der Waals surface area contributed by atoms with Gasteiger partial charge in [-0.25, -0.2) is 0 Å². The highest BCUT2D eigenvalue weighted by Gasteiger charge is 2.18. The Hall–Kier alpha value is -1.80. The van der Waals surface area contributed by atoms with Gasteiger partial charge in [-0.1, -0.05) is 42.5 Å². The molecular weight excluding hydrogens is 292 g/mol. The Balaban J connectivity index is 1.70. The molecule has 2 nitrogen and oxygen atoms in total. The zero-order valence-electron chi connectivity index (χ0n) is 15.3. The van der Waals surface area contributed by atoms with Crippen molar-refractivity contribution in [1.82, 2.24) is 4.90 Å². The molecule has 1 unspecified atom stereocenters. The summed E-state index contributed by atoms with van der Waals surface area (Å²) in [5, 5.41) is 3.51. The lowest BCUT2D eigenvalue weighted by atomic mass is 9.97. The highest BCUT2D eigenvalue weighted by Crippen LogP contribution is 2.24. The van der Waals surface area contributed by atoms with E-state index in [1.165, 1.54) is 35.2 Å². The molecule has 0 radical (unpaired) electrons. The molecule has 3 rings (SSSR count). The maximum atomic E-state index is 3.51. The predicted molar refractivity (Wildman–Crippen MR) is 104 cm³/mol. The fraction of sp³-hybridized carbons (Fsp3) is 0.455. The van der Waals surface area contributed by atoms with E-state index < -0.39 is 0 Å². The Morgan fingerprint density at radius 1 is 1.00 bits per heavy atom. The summed E-state index contributed by atoms with van der Waals surface area (Å²) in [6, 6.07) is 18.9. The van der Waals surface area contributed by atoms with Crippen molar-refractivity contribution in [3.05, 3.63) is 65.2 Å². The Labute approximate surface area is 146 Å². The molecule has 2 aromatic carbocycles. The molecule has 1 heterocycles. The van der Waals surface area contributed by atoms with Crippen LogP contribution in [0.3, 0.4) is 0 Å². The van der Waals surface area contributed by atoms with Crippen LogP contribution in [0.5, 0.6) is 0 Å². The molecule has 0 bridgehead atoms. The first-order chi connectivity index (χ1) is 11.6.